The summed E-state index contributed by atoms with van der Waals surface area (Å²) in [6.07, 6.45) is 2.61. The number of nitrogens with two attached hydrogens (primary N) is 1. The minimum Gasteiger partial charge on any atom is -0.394 e. The zero-order chi connectivity index (χ0) is 11.3. The molecule has 84 valence electrons. The van der Waals surface area contributed by atoms with Gasteiger partial charge in [-0.1, -0.05) is 6.92 Å². The van der Waals surface area contributed by atoms with Crippen LogP contribution in [0.3, 0.4) is 0 Å². The molecule has 0 aliphatic heterocycles. The molecule has 2 N–H and O–H groups in total. The third kappa shape index (κ3) is 2.83. The maximum Gasteiger partial charge on any atom is 0.273 e. The molecule has 0 radical (unpaired) electrons. The standard InChI is InChI=1S/C11H18N2O2/c1-3-9(8-15-4-2)13-7-5-6-10(12)11(13)14/h5-7,9H,3-4,8,12H2,1-2H3. The molecule has 0 saturated heterocycles. The summed E-state index contributed by atoms with van der Waals surface area (Å²) in [7, 11) is 0. The number of nitrogen functional groups attached to an aromatic ring is 1. The number of anilines is 1. The third-order valence-corrected chi connectivity index (χ3v) is 2.38. The normalized spacial score (nSPS) is 12.7. The van der Waals surface area contributed by atoms with Crippen LogP contribution in [-0.4, -0.2) is 17.8 Å². The zero-order valence-corrected chi connectivity index (χ0v) is 9.27. The van der Waals surface area contributed by atoms with Gasteiger partial charge in [-0.05, 0) is 25.5 Å². The molecule has 15 heavy (non-hydrogen) atoms. The lowest BCUT2D eigenvalue weighted by Crippen LogP contribution is -2.28. The number of nitrogens with zero attached hydrogens (tertiary/aromatic N) is 1. The summed E-state index contributed by atoms with van der Waals surface area (Å²) in [6.45, 7) is 5.18. The van der Waals surface area contributed by atoms with Crippen molar-refractivity contribution in [3.63, 3.8) is 0 Å². The lowest BCUT2D eigenvalue weighted by Gasteiger charge is -2.18. The van der Waals surface area contributed by atoms with Crippen molar-refractivity contribution in [1.82, 2.24) is 4.57 Å². The predicted molar refractivity (Wildman–Crippen MR) is 60.9 cm³/mol. The van der Waals surface area contributed by atoms with Gasteiger partial charge in [-0.3, -0.25) is 4.79 Å². The topological polar surface area (TPSA) is 57.2 Å². The Morgan fingerprint density at radius 2 is 2.27 bits per heavy atom. The van der Waals surface area contributed by atoms with Gasteiger partial charge in [0.15, 0.2) is 0 Å². The van der Waals surface area contributed by atoms with E-state index in [0.29, 0.717) is 13.2 Å². The van der Waals surface area contributed by atoms with Gasteiger partial charge in [-0.2, -0.15) is 0 Å². The minimum atomic E-state index is -0.135. The minimum absolute atomic E-state index is 0.0703. The van der Waals surface area contributed by atoms with E-state index in [1.54, 1.807) is 22.9 Å². The molecule has 0 bridgehead atoms. The van der Waals surface area contributed by atoms with Crippen LogP contribution < -0.4 is 11.3 Å². The molecule has 0 aromatic carbocycles. The maximum atomic E-state index is 11.7. The van der Waals surface area contributed by atoms with Crippen molar-refractivity contribution in [2.45, 2.75) is 26.3 Å². The lowest BCUT2D eigenvalue weighted by atomic mass is 10.2. The van der Waals surface area contributed by atoms with E-state index in [1.165, 1.54) is 0 Å². The molecular weight excluding hydrogens is 192 g/mol. The average molecular weight is 210 g/mol. The van der Waals surface area contributed by atoms with E-state index in [1.807, 2.05) is 13.8 Å². The van der Waals surface area contributed by atoms with Crippen LogP contribution in [0.1, 0.15) is 26.3 Å². The highest BCUT2D eigenvalue weighted by molar-refractivity contribution is 5.33. The fourth-order valence-electron chi connectivity index (χ4n) is 1.46. The molecule has 0 fully saturated rings. The smallest absolute Gasteiger partial charge is 0.273 e. The SMILES string of the molecule is CCOCC(CC)n1cccc(N)c1=O. The number of pyridine rings is 1. The Hall–Kier alpha value is -1.29. The largest absolute Gasteiger partial charge is 0.394 e. The third-order valence-electron chi connectivity index (χ3n) is 2.38. The molecule has 1 rings (SSSR count). The van der Waals surface area contributed by atoms with E-state index in [2.05, 4.69) is 0 Å². The van der Waals surface area contributed by atoms with Crippen molar-refractivity contribution in [3.05, 3.63) is 28.7 Å². The molecule has 1 aromatic heterocycles. The Morgan fingerprint density at radius 1 is 1.53 bits per heavy atom. The van der Waals surface area contributed by atoms with Crippen molar-refractivity contribution < 1.29 is 4.74 Å². The molecule has 0 amide bonds. The summed E-state index contributed by atoms with van der Waals surface area (Å²) >= 11 is 0. The van der Waals surface area contributed by atoms with Crippen LogP contribution >= 0.6 is 0 Å². The molecule has 0 saturated carbocycles. The van der Waals surface area contributed by atoms with E-state index in [4.69, 9.17) is 10.5 Å². The van der Waals surface area contributed by atoms with Gasteiger partial charge in [-0.15, -0.1) is 0 Å². The number of hydrogen-bond acceptors (Lipinski definition) is 3. The van der Waals surface area contributed by atoms with Crippen LogP contribution in [0.5, 0.6) is 0 Å². The molecular formula is C11H18N2O2. The first-order chi connectivity index (χ1) is 7.20. The van der Waals surface area contributed by atoms with E-state index in [-0.39, 0.29) is 17.3 Å². The summed E-state index contributed by atoms with van der Waals surface area (Å²) in [5.74, 6) is 0. The Bertz CT molecular complexity index is 360. The molecule has 1 aromatic rings. The van der Waals surface area contributed by atoms with E-state index >= 15 is 0 Å². The lowest BCUT2D eigenvalue weighted by molar-refractivity contribution is 0.110. The van der Waals surface area contributed by atoms with Gasteiger partial charge in [-0.25, -0.2) is 0 Å². The van der Waals surface area contributed by atoms with E-state index < -0.39 is 0 Å². The summed E-state index contributed by atoms with van der Waals surface area (Å²) in [5, 5.41) is 0. The van der Waals surface area contributed by atoms with Crippen molar-refractivity contribution in [2.75, 3.05) is 18.9 Å². The van der Waals surface area contributed by atoms with Crippen LogP contribution in [0.25, 0.3) is 0 Å². The first kappa shape index (κ1) is 11.8. The quantitative estimate of drug-likeness (QED) is 0.799. The first-order valence-corrected chi connectivity index (χ1v) is 5.25. The van der Waals surface area contributed by atoms with Gasteiger partial charge in [0.1, 0.15) is 0 Å². The highest BCUT2D eigenvalue weighted by Gasteiger charge is 2.10. The molecule has 1 heterocycles. The molecule has 0 aliphatic rings. The molecule has 1 atom stereocenters. The van der Waals surface area contributed by atoms with Crippen molar-refractivity contribution in [2.24, 2.45) is 0 Å². The Balaban J connectivity index is 2.91. The molecule has 0 spiro atoms. The van der Waals surface area contributed by atoms with E-state index in [0.717, 1.165) is 6.42 Å². The van der Waals surface area contributed by atoms with Crippen molar-refractivity contribution in [1.29, 1.82) is 0 Å². The fourth-order valence-corrected chi connectivity index (χ4v) is 1.46. The Morgan fingerprint density at radius 3 is 2.87 bits per heavy atom. The second kappa shape index (κ2) is 5.56. The predicted octanol–water partition coefficient (Wildman–Crippen LogP) is 1.42. The van der Waals surface area contributed by atoms with Crippen molar-refractivity contribution >= 4 is 5.69 Å². The molecule has 4 nitrogen and oxygen atoms in total. The first-order valence-electron chi connectivity index (χ1n) is 5.25. The zero-order valence-electron chi connectivity index (χ0n) is 9.27. The fraction of sp³-hybridized carbons (Fsp3) is 0.545. The summed E-state index contributed by atoms with van der Waals surface area (Å²) in [5.41, 5.74) is 5.72. The van der Waals surface area contributed by atoms with Gasteiger partial charge >= 0.3 is 0 Å². The molecule has 0 aliphatic carbocycles. The number of aromatic nitrogens is 1. The number of hydrogen-bond donors (Lipinski definition) is 1. The average Bonchev–Trinajstić information content (AvgIpc) is 2.25. The van der Waals surface area contributed by atoms with Crippen LogP contribution in [0, 0.1) is 0 Å². The van der Waals surface area contributed by atoms with Crippen LogP contribution in [0.2, 0.25) is 0 Å². The Labute approximate surface area is 89.7 Å². The van der Waals surface area contributed by atoms with E-state index in [9.17, 15) is 4.79 Å². The Kier molecular flexibility index (Phi) is 4.37. The second-order valence-electron chi connectivity index (χ2n) is 3.40. The highest BCUT2D eigenvalue weighted by Crippen LogP contribution is 2.09. The van der Waals surface area contributed by atoms with Gasteiger partial charge in [0.2, 0.25) is 0 Å². The van der Waals surface area contributed by atoms with Crippen LogP contribution in [0.15, 0.2) is 23.1 Å². The molecule has 4 heteroatoms. The molecule has 1 unspecified atom stereocenters. The highest BCUT2D eigenvalue weighted by atomic mass is 16.5. The maximum absolute atomic E-state index is 11.7. The number of rotatable bonds is 5. The van der Waals surface area contributed by atoms with Gasteiger partial charge < -0.3 is 15.0 Å². The summed E-state index contributed by atoms with van der Waals surface area (Å²) in [6, 6.07) is 3.47. The van der Waals surface area contributed by atoms with Gasteiger partial charge in [0.05, 0.1) is 18.3 Å². The van der Waals surface area contributed by atoms with Gasteiger partial charge in [0.25, 0.3) is 5.56 Å². The van der Waals surface area contributed by atoms with Gasteiger partial charge in [0, 0.05) is 12.8 Å². The van der Waals surface area contributed by atoms with Crippen LogP contribution in [-0.2, 0) is 4.74 Å². The van der Waals surface area contributed by atoms with Crippen LogP contribution in [0.4, 0.5) is 5.69 Å². The summed E-state index contributed by atoms with van der Waals surface area (Å²) in [4.78, 5) is 11.7. The second-order valence-corrected chi connectivity index (χ2v) is 3.40. The number of ether oxygens (including phenoxy) is 1. The summed E-state index contributed by atoms with van der Waals surface area (Å²) < 4.78 is 6.98. The van der Waals surface area contributed by atoms with Crippen molar-refractivity contribution in [3.8, 4) is 0 Å². The monoisotopic (exact) mass is 210 g/mol.